The molecule has 0 amide bonds. The van der Waals surface area contributed by atoms with Gasteiger partial charge < -0.3 is 10.1 Å². The molecule has 1 aromatic carbocycles. The number of rotatable bonds is 6. The summed E-state index contributed by atoms with van der Waals surface area (Å²) < 4.78 is 5.75. The molecule has 1 heterocycles. The summed E-state index contributed by atoms with van der Waals surface area (Å²) in [5, 5.41) is 4.35. The molecule has 1 N–H and O–H groups in total. The number of ether oxygens (including phenoxy) is 1. The number of aromatic nitrogens is 1. The SMILES string of the molecule is CNCCCc1cc2cc(OC(C)C)ccc2nc1C. The lowest BCUT2D eigenvalue weighted by molar-refractivity contribution is 0.243. The highest BCUT2D eigenvalue weighted by Gasteiger charge is 2.05. The van der Waals surface area contributed by atoms with E-state index in [4.69, 9.17) is 9.72 Å². The van der Waals surface area contributed by atoms with Gasteiger partial charge in [-0.3, -0.25) is 4.98 Å². The third-order valence-corrected chi connectivity index (χ3v) is 3.33. The summed E-state index contributed by atoms with van der Waals surface area (Å²) >= 11 is 0. The van der Waals surface area contributed by atoms with Crippen LogP contribution in [-0.2, 0) is 6.42 Å². The number of benzene rings is 1. The van der Waals surface area contributed by atoms with Crippen molar-refractivity contribution in [1.29, 1.82) is 0 Å². The molecule has 0 saturated heterocycles. The van der Waals surface area contributed by atoms with Gasteiger partial charge >= 0.3 is 0 Å². The summed E-state index contributed by atoms with van der Waals surface area (Å²) in [6.07, 6.45) is 2.39. The summed E-state index contributed by atoms with van der Waals surface area (Å²) in [5.41, 5.74) is 3.50. The summed E-state index contributed by atoms with van der Waals surface area (Å²) in [7, 11) is 1.99. The number of fused-ring (bicyclic) bond motifs is 1. The first-order valence-corrected chi connectivity index (χ1v) is 7.31. The lowest BCUT2D eigenvalue weighted by atomic mass is 10.0. The van der Waals surface area contributed by atoms with E-state index in [1.807, 2.05) is 33.0 Å². The summed E-state index contributed by atoms with van der Waals surface area (Å²) in [6.45, 7) is 7.21. The van der Waals surface area contributed by atoms with E-state index in [1.54, 1.807) is 0 Å². The number of pyridine rings is 1. The lowest BCUT2D eigenvalue weighted by Crippen LogP contribution is -2.09. The normalized spacial score (nSPS) is 11.2. The molecule has 0 spiro atoms. The van der Waals surface area contributed by atoms with E-state index in [2.05, 4.69) is 24.4 Å². The van der Waals surface area contributed by atoms with Gasteiger partial charge in [-0.2, -0.15) is 0 Å². The van der Waals surface area contributed by atoms with Gasteiger partial charge in [0.05, 0.1) is 11.6 Å². The average Bonchev–Trinajstić information content (AvgIpc) is 2.39. The van der Waals surface area contributed by atoms with Crippen molar-refractivity contribution in [2.45, 2.75) is 39.7 Å². The van der Waals surface area contributed by atoms with Crippen molar-refractivity contribution in [3.63, 3.8) is 0 Å². The quantitative estimate of drug-likeness (QED) is 0.817. The van der Waals surface area contributed by atoms with Crippen LogP contribution in [0.25, 0.3) is 10.9 Å². The molecule has 0 atom stereocenters. The van der Waals surface area contributed by atoms with Crippen molar-refractivity contribution in [2.75, 3.05) is 13.6 Å². The molecule has 2 aromatic rings. The van der Waals surface area contributed by atoms with E-state index in [1.165, 1.54) is 5.56 Å². The minimum atomic E-state index is 0.195. The second kappa shape index (κ2) is 6.71. The van der Waals surface area contributed by atoms with Crippen LogP contribution < -0.4 is 10.1 Å². The van der Waals surface area contributed by atoms with Crippen LogP contribution in [0, 0.1) is 6.92 Å². The van der Waals surface area contributed by atoms with Crippen LogP contribution >= 0.6 is 0 Å². The van der Waals surface area contributed by atoms with Gasteiger partial charge in [-0.1, -0.05) is 0 Å². The van der Waals surface area contributed by atoms with Crippen LogP contribution in [-0.4, -0.2) is 24.7 Å². The van der Waals surface area contributed by atoms with Gasteiger partial charge in [0.25, 0.3) is 0 Å². The Morgan fingerprint density at radius 1 is 1.25 bits per heavy atom. The second-order valence-corrected chi connectivity index (χ2v) is 5.46. The maximum atomic E-state index is 5.75. The number of hydrogen-bond acceptors (Lipinski definition) is 3. The first-order valence-electron chi connectivity index (χ1n) is 7.31. The van der Waals surface area contributed by atoms with Gasteiger partial charge in [0.2, 0.25) is 0 Å². The van der Waals surface area contributed by atoms with Gasteiger partial charge in [-0.15, -0.1) is 0 Å². The highest BCUT2D eigenvalue weighted by atomic mass is 16.5. The standard InChI is InChI=1S/C17H24N2O/c1-12(2)20-16-7-8-17-15(11-16)10-14(13(3)19-17)6-5-9-18-4/h7-8,10-12,18H,5-6,9H2,1-4H3. The van der Waals surface area contributed by atoms with Gasteiger partial charge in [0.1, 0.15) is 5.75 Å². The molecule has 3 nitrogen and oxygen atoms in total. The van der Waals surface area contributed by atoms with Gasteiger partial charge in [-0.05, 0) is 77.0 Å². The van der Waals surface area contributed by atoms with Crippen molar-refractivity contribution in [2.24, 2.45) is 0 Å². The predicted octanol–water partition coefficient (Wildman–Crippen LogP) is 3.48. The second-order valence-electron chi connectivity index (χ2n) is 5.46. The molecule has 0 saturated carbocycles. The van der Waals surface area contributed by atoms with Crippen LogP contribution in [0.15, 0.2) is 24.3 Å². The average molecular weight is 272 g/mol. The number of aryl methyl sites for hydroxylation is 2. The smallest absolute Gasteiger partial charge is 0.120 e. The van der Waals surface area contributed by atoms with E-state index in [-0.39, 0.29) is 6.10 Å². The monoisotopic (exact) mass is 272 g/mol. The Bertz CT molecular complexity index is 578. The highest BCUT2D eigenvalue weighted by Crippen LogP contribution is 2.23. The van der Waals surface area contributed by atoms with E-state index in [0.717, 1.165) is 41.7 Å². The van der Waals surface area contributed by atoms with Crippen LogP contribution in [0.2, 0.25) is 0 Å². The molecule has 0 aliphatic carbocycles. The lowest BCUT2D eigenvalue weighted by Gasteiger charge is -2.12. The van der Waals surface area contributed by atoms with Crippen molar-refractivity contribution in [1.82, 2.24) is 10.3 Å². The number of nitrogens with zero attached hydrogens (tertiary/aromatic N) is 1. The predicted molar refractivity (Wildman–Crippen MR) is 84.5 cm³/mol. The maximum absolute atomic E-state index is 5.75. The van der Waals surface area contributed by atoms with Crippen LogP contribution in [0.5, 0.6) is 5.75 Å². The Balaban J connectivity index is 2.28. The molecule has 3 heteroatoms. The van der Waals surface area contributed by atoms with E-state index < -0.39 is 0 Å². The zero-order valence-corrected chi connectivity index (χ0v) is 12.9. The Labute approximate surface area is 121 Å². The molecule has 0 fully saturated rings. The molecule has 0 radical (unpaired) electrons. The minimum absolute atomic E-state index is 0.195. The summed E-state index contributed by atoms with van der Waals surface area (Å²) in [4.78, 5) is 4.70. The van der Waals surface area contributed by atoms with Crippen LogP contribution in [0.1, 0.15) is 31.5 Å². The largest absolute Gasteiger partial charge is 0.491 e. The minimum Gasteiger partial charge on any atom is -0.491 e. The van der Waals surface area contributed by atoms with Crippen LogP contribution in [0.4, 0.5) is 0 Å². The molecular weight excluding hydrogens is 248 g/mol. The van der Waals surface area contributed by atoms with Crippen molar-refractivity contribution >= 4 is 10.9 Å². The van der Waals surface area contributed by atoms with E-state index in [9.17, 15) is 0 Å². The molecular formula is C17H24N2O. The molecule has 2 rings (SSSR count). The molecule has 0 aliphatic rings. The van der Waals surface area contributed by atoms with Crippen molar-refractivity contribution in [3.05, 3.63) is 35.5 Å². The number of nitrogens with one attached hydrogen (secondary N) is 1. The number of hydrogen-bond donors (Lipinski definition) is 1. The molecule has 108 valence electrons. The van der Waals surface area contributed by atoms with Crippen molar-refractivity contribution in [3.8, 4) is 5.75 Å². The molecule has 20 heavy (non-hydrogen) atoms. The first kappa shape index (κ1) is 14.8. The molecule has 0 unspecified atom stereocenters. The topological polar surface area (TPSA) is 34.1 Å². The maximum Gasteiger partial charge on any atom is 0.120 e. The molecule has 1 aromatic heterocycles. The van der Waals surface area contributed by atoms with Crippen LogP contribution in [0.3, 0.4) is 0 Å². The Morgan fingerprint density at radius 2 is 2.05 bits per heavy atom. The third-order valence-electron chi connectivity index (χ3n) is 3.33. The Kier molecular flexibility index (Phi) is 4.96. The fourth-order valence-electron chi connectivity index (χ4n) is 2.35. The summed E-state index contributed by atoms with van der Waals surface area (Å²) in [6, 6.07) is 8.37. The fraction of sp³-hybridized carbons (Fsp3) is 0.471. The highest BCUT2D eigenvalue weighted by molar-refractivity contribution is 5.81. The Morgan fingerprint density at radius 3 is 2.75 bits per heavy atom. The Hall–Kier alpha value is -1.61. The van der Waals surface area contributed by atoms with Crippen molar-refractivity contribution < 1.29 is 4.74 Å². The zero-order valence-electron chi connectivity index (χ0n) is 12.9. The van der Waals surface area contributed by atoms with E-state index in [0.29, 0.717) is 0 Å². The van der Waals surface area contributed by atoms with Gasteiger partial charge in [0.15, 0.2) is 0 Å². The fourth-order valence-corrected chi connectivity index (χ4v) is 2.35. The first-order chi connectivity index (χ1) is 9.60. The van der Waals surface area contributed by atoms with Gasteiger partial charge in [-0.25, -0.2) is 0 Å². The molecule has 0 bridgehead atoms. The molecule has 0 aliphatic heterocycles. The summed E-state index contributed by atoms with van der Waals surface area (Å²) in [5.74, 6) is 0.916. The van der Waals surface area contributed by atoms with Gasteiger partial charge in [0, 0.05) is 11.1 Å². The third kappa shape index (κ3) is 3.70. The zero-order chi connectivity index (χ0) is 14.5. The van der Waals surface area contributed by atoms with E-state index >= 15 is 0 Å².